The van der Waals surface area contributed by atoms with Crippen LogP contribution >= 0.6 is 12.4 Å². The summed E-state index contributed by atoms with van der Waals surface area (Å²) in [5, 5.41) is 2.64. The summed E-state index contributed by atoms with van der Waals surface area (Å²) in [4.78, 5) is 0. The average Bonchev–Trinajstić information content (AvgIpc) is 1.77. The summed E-state index contributed by atoms with van der Waals surface area (Å²) in [5.74, 6) is 0. The molecule has 1 heterocycles. The minimum Gasteiger partial charge on any atom is -0.373 e. The van der Waals surface area contributed by atoms with Crippen LogP contribution in [0, 0.1) is 0 Å². The van der Waals surface area contributed by atoms with Crippen LogP contribution in [0.4, 0.5) is 4.39 Å². The Morgan fingerprint density at radius 1 is 1.67 bits per heavy atom. The van der Waals surface area contributed by atoms with Gasteiger partial charge in [-0.1, -0.05) is 0 Å². The molecule has 1 aliphatic heterocycles. The summed E-state index contributed by atoms with van der Waals surface area (Å²) >= 11 is 0. The second-order valence-electron chi connectivity index (χ2n) is 1.93. The summed E-state index contributed by atoms with van der Waals surface area (Å²) < 4.78 is 17.3. The molecule has 0 amide bonds. The van der Waals surface area contributed by atoms with Crippen LogP contribution in [0.2, 0.25) is 0 Å². The number of ether oxygens (including phenoxy) is 1. The number of rotatable bonds is 0. The molecule has 0 radical (unpaired) electrons. The van der Waals surface area contributed by atoms with Crippen molar-refractivity contribution in [2.45, 2.75) is 19.3 Å². The largest absolute Gasteiger partial charge is 0.373 e. The van der Waals surface area contributed by atoms with E-state index in [1.54, 1.807) is 6.92 Å². The molecular weight excluding hydrogens is 145 g/mol. The average molecular weight is 156 g/mol. The summed E-state index contributed by atoms with van der Waals surface area (Å²) in [6, 6.07) is 0. The SMILES string of the molecule is CC1OCCN[C@@H]1F.Cl. The highest BCUT2D eigenvalue weighted by atomic mass is 35.5. The lowest BCUT2D eigenvalue weighted by atomic mass is 10.3. The zero-order valence-electron chi connectivity index (χ0n) is 5.26. The van der Waals surface area contributed by atoms with E-state index in [-0.39, 0.29) is 18.5 Å². The Balaban J connectivity index is 0.000000640. The van der Waals surface area contributed by atoms with E-state index >= 15 is 0 Å². The Kier molecular flexibility index (Phi) is 4.10. The van der Waals surface area contributed by atoms with Gasteiger partial charge in [-0.3, -0.25) is 5.32 Å². The molecule has 0 aromatic carbocycles. The molecule has 0 spiro atoms. The first-order valence-corrected chi connectivity index (χ1v) is 2.80. The first-order chi connectivity index (χ1) is 3.80. The van der Waals surface area contributed by atoms with Crippen molar-refractivity contribution in [3.63, 3.8) is 0 Å². The predicted molar refractivity (Wildman–Crippen MR) is 35.6 cm³/mol. The molecule has 0 saturated carbocycles. The monoisotopic (exact) mass is 155 g/mol. The smallest absolute Gasteiger partial charge is 0.177 e. The van der Waals surface area contributed by atoms with Crippen molar-refractivity contribution < 1.29 is 9.13 Å². The second-order valence-corrected chi connectivity index (χ2v) is 1.93. The van der Waals surface area contributed by atoms with Gasteiger partial charge in [-0.05, 0) is 6.92 Å². The predicted octanol–water partition coefficient (Wildman–Crippen LogP) is 0.712. The summed E-state index contributed by atoms with van der Waals surface area (Å²) in [6.07, 6.45) is -1.24. The number of hydrogen-bond acceptors (Lipinski definition) is 2. The van der Waals surface area contributed by atoms with Crippen molar-refractivity contribution >= 4 is 12.4 Å². The minimum absolute atomic E-state index is 0. The maximum absolute atomic E-state index is 12.3. The van der Waals surface area contributed by atoms with E-state index in [1.165, 1.54) is 0 Å². The first kappa shape index (κ1) is 9.14. The van der Waals surface area contributed by atoms with Gasteiger partial charge in [0.25, 0.3) is 0 Å². The van der Waals surface area contributed by atoms with Crippen LogP contribution in [0.25, 0.3) is 0 Å². The van der Waals surface area contributed by atoms with E-state index < -0.39 is 6.30 Å². The molecule has 0 aliphatic carbocycles. The quantitative estimate of drug-likeness (QED) is 0.521. The maximum atomic E-state index is 12.3. The fourth-order valence-electron chi connectivity index (χ4n) is 0.692. The third-order valence-electron chi connectivity index (χ3n) is 1.23. The molecule has 4 heteroatoms. The summed E-state index contributed by atoms with van der Waals surface area (Å²) in [6.45, 7) is 2.98. The van der Waals surface area contributed by atoms with Crippen molar-refractivity contribution in [1.29, 1.82) is 0 Å². The van der Waals surface area contributed by atoms with Gasteiger partial charge < -0.3 is 4.74 Å². The van der Waals surface area contributed by atoms with Crippen molar-refractivity contribution in [2.24, 2.45) is 0 Å². The second kappa shape index (κ2) is 4.04. The normalized spacial score (nSPS) is 35.3. The molecule has 0 aromatic rings. The van der Waals surface area contributed by atoms with Gasteiger partial charge in [-0.15, -0.1) is 12.4 Å². The summed E-state index contributed by atoms with van der Waals surface area (Å²) in [5.41, 5.74) is 0. The van der Waals surface area contributed by atoms with Crippen molar-refractivity contribution in [1.82, 2.24) is 5.32 Å². The molecule has 2 atom stereocenters. The van der Waals surface area contributed by atoms with Gasteiger partial charge in [0.2, 0.25) is 0 Å². The highest BCUT2D eigenvalue weighted by Gasteiger charge is 2.19. The zero-order valence-corrected chi connectivity index (χ0v) is 6.08. The molecule has 56 valence electrons. The highest BCUT2D eigenvalue weighted by molar-refractivity contribution is 5.85. The van der Waals surface area contributed by atoms with E-state index in [4.69, 9.17) is 4.74 Å². The van der Waals surface area contributed by atoms with E-state index in [0.29, 0.717) is 13.2 Å². The van der Waals surface area contributed by atoms with Crippen LogP contribution in [0.5, 0.6) is 0 Å². The molecule has 1 fully saturated rings. The Morgan fingerprint density at radius 2 is 2.33 bits per heavy atom. The van der Waals surface area contributed by atoms with Gasteiger partial charge in [0, 0.05) is 6.54 Å². The van der Waals surface area contributed by atoms with Gasteiger partial charge in [-0.2, -0.15) is 0 Å². The Bertz CT molecular complexity index is 73.4. The number of alkyl halides is 1. The molecule has 2 nitrogen and oxygen atoms in total. The Morgan fingerprint density at radius 3 is 2.67 bits per heavy atom. The third-order valence-corrected chi connectivity index (χ3v) is 1.23. The summed E-state index contributed by atoms with van der Waals surface area (Å²) in [7, 11) is 0. The standard InChI is InChI=1S/C5H10FNO.ClH/c1-4-5(6)7-2-3-8-4;/h4-5,7H,2-3H2,1H3;1H/t4?,5-;/m0./s1. The number of morpholine rings is 1. The fraction of sp³-hybridized carbons (Fsp3) is 1.00. The van der Waals surface area contributed by atoms with Crippen LogP contribution < -0.4 is 5.32 Å². The van der Waals surface area contributed by atoms with Gasteiger partial charge >= 0.3 is 0 Å². The van der Waals surface area contributed by atoms with Crippen LogP contribution in [0.15, 0.2) is 0 Å². The maximum Gasteiger partial charge on any atom is 0.177 e. The van der Waals surface area contributed by atoms with E-state index in [2.05, 4.69) is 5.32 Å². The van der Waals surface area contributed by atoms with Gasteiger partial charge in [-0.25, -0.2) is 4.39 Å². The van der Waals surface area contributed by atoms with Crippen molar-refractivity contribution in [3.8, 4) is 0 Å². The van der Waals surface area contributed by atoms with Crippen LogP contribution in [0.1, 0.15) is 6.92 Å². The lowest BCUT2D eigenvalue weighted by molar-refractivity contribution is -0.0354. The Hall–Kier alpha value is 0.140. The van der Waals surface area contributed by atoms with E-state index in [0.717, 1.165) is 0 Å². The van der Waals surface area contributed by atoms with E-state index in [1.807, 2.05) is 0 Å². The number of halogens is 2. The Labute approximate surface area is 60.2 Å². The molecular formula is C5H11ClFNO. The van der Waals surface area contributed by atoms with Gasteiger partial charge in [0.1, 0.15) is 0 Å². The van der Waals surface area contributed by atoms with E-state index in [9.17, 15) is 4.39 Å². The molecule has 0 bridgehead atoms. The lowest BCUT2D eigenvalue weighted by Gasteiger charge is -2.23. The molecule has 1 aliphatic rings. The highest BCUT2D eigenvalue weighted by Crippen LogP contribution is 2.03. The van der Waals surface area contributed by atoms with Gasteiger partial charge in [0.05, 0.1) is 12.7 Å². The van der Waals surface area contributed by atoms with Gasteiger partial charge in [0.15, 0.2) is 6.30 Å². The lowest BCUT2D eigenvalue weighted by Crippen LogP contribution is -2.43. The molecule has 1 N–H and O–H groups in total. The van der Waals surface area contributed by atoms with Crippen molar-refractivity contribution in [2.75, 3.05) is 13.2 Å². The fourth-order valence-corrected chi connectivity index (χ4v) is 0.692. The molecule has 1 rings (SSSR count). The zero-order chi connectivity index (χ0) is 5.98. The molecule has 1 saturated heterocycles. The molecule has 1 unspecified atom stereocenters. The number of nitrogens with one attached hydrogen (secondary N) is 1. The van der Waals surface area contributed by atoms with Crippen LogP contribution in [-0.2, 0) is 4.74 Å². The topological polar surface area (TPSA) is 21.3 Å². The van der Waals surface area contributed by atoms with Crippen molar-refractivity contribution in [3.05, 3.63) is 0 Å². The van der Waals surface area contributed by atoms with Crippen LogP contribution in [-0.4, -0.2) is 25.6 Å². The molecule has 9 heavy (non-hydrogen) atoms. The molecule has 0 aromatic heterocycles. The first-order valence-electron chi connectivity index (χ1n) is 2.80. The third kappa shape index (κ3) is 2.47. The van der Waals surface area contributed by atoms with Crippen LogP contribution in [0.3, 0.4) is 0 Å². The number of hydrogen-bond donors (Lipinski definition) is 1. The minimum atomic E-state index is -0.969.